The van der Waals surface area contributed by atoms with E-state index in [1.165, 1.54) is 12.1 Å². The summed E-state index contributed by atoms with van der Waals surface area (Å²) in [4.78, 5) is 23.1. The third kappa shape index (κ3) is 6.70. The van der Waals surface area contributed by atoms with Crippen molar-refractivity contribution in [3.63, 3.8) is 0 Å². The Morgan fingerprint density at radius 3 is 2.47 bits per heavy atom. The van der Waals surface area contributed by atoms with Crippen molar-refractivity contribution in [2.75, 3.05) is 0 Å². The molecule has 1 rings (SSSR count). The lowest BCUT2D eigenvalue weighted by molar-refractivity contribution is -0.155. The Labute approximate surface area is 112 Å². The molecule has 0 N–H and O–H groups in total. The van der Waals surface area contributed by atoms with Gasteiger partial charge in [0.15, 0.2) is 0 Å². The van der Waals surface area contributed by atoms with E-state index in [2.05, 4.69) is 0 Å². The quantitative estimate of drug-likeness (QED) is 0.769. The van der Waals surface area contributed by atoms with Gasteiger partial charge in [0, 0.05) is 12.8 Å². The first-order valence-corrected chi connectivity index (χ1v) is 6.24. The van der Waals surface area contributed by atoms with E-state index in [0.29, 0.717) is 5.56 Å². The lowest BCUT2D eigenvalue weighted by Crippen LogP contribution is -2.24. The fourth-order valence-corrected chi connectivity index (χ4v) is 1.60. The van der Waals surface area contributed by atoms with E-state index in [1.807, 2.05) is 0 Å². The minimum atomic E-state index is -0.539. The summed E-state index contributed by atoms with van der Waals surface area (Å²) in [6, 6.07) is 5.90. The summed E-state index contributed by atoms with van der Waals surface area (Å²) in [5.74, 6) is -0.853. The Balaban J connectivity index is 2.38. The molecule has 0 unspecified atom stereocenters. The highest BCUT2D eigenvalue weighted by Crippen LogP contribution is 2.11. The number of halogens is 1. The Bertz CT molecular complexity index is 461. The van der Waals surface area contributed by atoms with Crippen LogP contribution in [0.2, 0.25) is 0 Å². The molecule has 1 aromatic carbocycles. The second kappa shape index (κ2) is 6.45. The van der Waals surface area contributed by atoms with Crippen LogP contribution in [0.3, 0.4) is 0 Å². The maximum Gasteiger partial charge on any atom is 0.306 e. The zero-order valence-corrected chi connectivity index (χ0v) is 11.5. The van der Waals surface area contributed by atoms with Gasteiger partial charge in [0.2, 0.25) is 0 Å². The van der Waals surface area contributed by atoms with Gasteiger partial charge < -0.3 is 4.74 Å². The van der Waals surface area contributed by atoms with E-state index in [-0.39, 0.29) is 36.8 Å². The lowest BCUT2D eigenvalue weighted by atomic mass is 10.1. The Kier molecular flexibility index (Phi) is 5.21. The van der Waals surface area contributed by atoms with Crippen molar-refractivity contribution < 1.29 is 18.7 Å². The number of hydrogen-bond acceptors (Lipinski definition) is 3. The Morgan fingerprint density at radius 2 is 1.89 bits per heavy atom. The van der Waals surface area contributed by atoms with Gasteiger partial charge >= 0.3 is 5.97 Å². The van der Waals surface area contributed by atoms with Crippen molar-refractivity contribution in [2.45, 2.75) is 45.6 Å². The highest BCUT2D eigenvalue weighted by atomic mass is 19.1. The largest absolute Gasteiger partial charge is 0.460 e. The molecule has 0 radical (unpaired) electrons. The summed E-state index contributed by atoms with van der Waals surface area (Å²) >= 11 is 0. The normalized spacial score (nSPS) is 11.2. The van der Waals surface area contributed by atoms with Gasteiger partial charge in [0.25, 0.3) is 0 Å². The molecule has 0 fully saturated rings. The third-order valence-electron chi connectivity index (χ3n) is 2.32. The molecule has 104 valence electrons. The van der Waals surface area contributed by atoms with Crippen LogP contribution in [0.4, 0.5) is 4.39 Å². The first-order valence-electron chi connectivity index (χ1n) is 6.24. The van der Waals surface area contributed by atoms with E-state index in [4.69, 9.17) is 4.74 Å². The van der Waals surface area contributed by atoms with E-state index in [0.717, 1.165) is 0 Å². The van der Waals surface area contributed by atoms with E-state index in [1.54, 1.807) is 32.9 Å². The molecule has 0 aliphatic rings. The average Bonchev–Trinajstić information content (AvgIpc) is 2.24. The van der Waals surface area contributed by atoms with Gasteiger partial charge in [0.05, 0.1) is 6.42 Å². The fraction of sp³-hybridized carbons (Fsp3) is 0.467. The molecule has 0 bridgehead atoms. The number of ketones is 1. The SMILES string of the molecule is CC(C)(C)OC(=O)CCC(=O)Cc1cccc(F)c1. The van der Waals surface area contributed by atoms with Crippen LogP contribution in [0, 0.1) is 5.82 Å². The predicted molar refractivity (Wildman–Crippen MR) is 70.2 cm³/mol. The molecule has 0 atom stereocenters. The number of hydrogen-bond donors (Lipinski definition) is 0. The molecular formula is C15H19FO3. The molecule has 0 aliphatic heterocycles. The molecule has 0 aromatic heterocycles. The topological polar surface area (TPSA) is 43.4 Å². The van der Waals surface area contributed by atoms with Crippen LogP contribution < -0.4 is 0 Å². The molecule has 0 heterocycles. The lowest BCUT2D eigenvalue weighted by Gasteiger charge is -2.19. The molecule has 0 amide bonds. The summed E-state index contributed by atoms with van der Waals surface area (Å²) in [5.41, 5.74) is 0.0806. The summed E-state index contributed by atoms with van der Waals surface area (Å²) < 4.78 is 18.0. The maximum atomic E-state index is 12.9. The minimum Gasteiger partial charge on any atom is -0.460 e. The number of ether oxygens (including phenoxy) is 1. The van der Waals surface area contributed by atoms with E-state index >= 15 is 0 Å². The van der Waals surface area contributed by atoms with Gasteiger partial charge in [-0.1, -0.05) is 12.1 Å². The highest BCUT2D eigenvalue weighted by Gasteiger charge is 2.17. The standard InChI is InChI=1S/C15H19FO3/c1-15(2,3)19-14(18)8-7-13(17)10-11-5-4-6-12(16)9-11/h4-6,9H,7-8,10H2,1-3H3. The molecular weight excluding hydrogens is 247 g/mol. The molecule has 0 saturated heterocycles. The van der Waals surface area contributed by atoms with Gasteiger partial charge in [0.1, 0.15) is 17.2 Å². The first kappa shape index (κ1) is 15.3. The van der Waals surface area contributed by atoms with Crippen LogP contribution in [0.15, 0.2) is 24.3 Å². The number of rotatable bonds is 5. The smallest absolute Gasteiger partial charge is 0.306 e. The number of Topliss-reactive ketones (excluding diaryl/α,β-unsaturated/α-hetero) is 1. The average molecular weight is 266 g/mol. The number of esters is 1. The van der Waals surface area contributed by atoms with E-state index in [9.17, 15) is 14.0 Å². The monoisotopic (exact) mass is 266 g/mol. The molecule has 3 nitrogen and oxygen atoms in total. The number of benzene rings is 1. The van der Waals surface area contributed by atoms with Crippen LogP contribution in [0.5, 0.6) is 0 Å². The van der Waals surface area contributed by atoms with Crippen molar-refractivity contribution in [2.24, 2.45) is 0 Å². The zero-order valence-electron chi connectivity index (χ0n) is 11.5. The first-order chi connectivity index (χ1) is 8.76. The molecule has 4 heteroatoms. The number of carbonyl (C=O) groups excluding carboxylic acids is 2. The third-order valence-corrected chi connectivity index (χ3v) is 2.32. The van der Waals surface area contributed by atoms with Crippen molar-refractivity contribution in [3.05, 3.63) is 35.6 Å². The molecule has 0 spiro atoms. The second-order valence-corrected chi connectivity index (χ2v) is 5.43. The van der Waals surface area contributed by atoms with Crippen molar-refractivity contribution in [1.29, 1.82) is 0 Å². The predicted octanol–water partition coefficient (Wildman–Crippen LogP) is 3.06. The summed E-state index contributed by atoms with van der Waals surface area (Å²) in [6.07, 6.45) is 0.317. The summed E-state index contributed by atoms with van der Waals surface area (Å²) in [5, 5.41) is 0. The highest BCUT2D eigenvalue weighted by molar-refractivity contribution is 5.84. The molecule has 19 heavy (non-hydrogen) atoms. The second-order valence-electron chi connectivity index (χ2n) is 5.43. The Hall–Kier alpha value is -1.71. The zero-order chi connectivity index (χ0) is 14.5. The maximum absolute atomic E-state index is 12.9. The van der Waals surface area contributed by atoms with Gasteiger partial charge in [-0.3, -0.25) is 9.59 Å². The van der Waals surface area contributed by atoms with E-state index < -0.39 is 5.60 Å². The summed E-state index contributed by atoms with van der Waals surface area (Å²) in [6.45, 7) is 5.33. The summed E-state index contributed by atoms with van der Waals surface area (Å²) in [7, 11) is 0. The fourth-order valence-electron chi connectivity index (χ4n) is 1.60. The molecule has 0 saturated carbocycles. The van der Waals surface area contributed by atoms with Crippen LogP contribution >= 0.6 is 0 Å². The van der Waals surface area contributed by atoms with Crippen LogP contribution in [0.25, 0.3) is 0 Å². The van der Waals surface area contributed by atoms with Gasteiger partial charge in [-0.2, -0.15) is 0 Å². The minimum absolute atomic E-state index is 0.0609. The number of carbonyl (C=O) groups is 2. The van der Waals surface area contributed by atoms with Gasteiger partial charge in [-0.05, 0) is 38.5 Å². The van der Waals surface area contributed by atoms with Crippen molar-refractivity contribution in [3.8, 4) is 0 Å². The van der Waals surface area contributed by atoms with Gasteiger partial charge in [-0.25, -0.2) is 4.39 Å². The Morgan fingerprint density at radius 1 is 1.21 bits per heavy atom. The van der Waals surface area contributed by atoms with Crippen molar-refractivity contribution >= 4 is 11.8 Å². The van der Waals surface area contributed by atoms with Crippen LogP contribution in [-0.4, -0.2) is 17.4 Å². The van der Waals surface area contributed by atoms with Gasteiger partial charge in [-0.15, -0.1) is 0 Å². The molecule has 1 aromatic rings. The molecule has 0 aliphatic carbocycles. The van der Waals surface area contributed by atoms with Crippen LogP contribution in [-0.2, 0) is 20.7 Å². The van der Waals surface area contributed by atoms with Crippen LogP contribution in [0.1, 0.15) is 39.2 Å². The van der Waals surface area contributed by atoms with Crippen molar-refractivity contribution in [1.82, 2.24) is 0 Å².